The third-order valence-corrected chi connectivity index (χ3v) is 6.75. The predicted molar refractivity (Wildman–Crippen MR) is 149 cm³/mol. The van der Waals surface area contributed by atoms with Crippen LogP contribution >= 0.6 is 11.8 Å². The fraction of sp³-hybridized carbons (Fsp3) is 0.214. The van der Waals surface area contributed by atoms with Gasteiger partial charge in [-0.15, -0.1) is 10.2 Å². The van der Waals surface area contributed by atoms with E-state index in [9.17, 15) is 4.79 Å². The van der Waals surface area contributed by atoms with Crippen LogP contribution in [0, 0.1) is 6.92 Å². The number of hydrogen-bond acceptors (Lipinski definition) is 7. The zero-order chi connectivity index (χ0) is 26.2. The number of aromatic nitrogens is 3. The summed E-state index contributed by atoms with van der Waals surface area (Å²) in [5.74, 6) is 1.31. The molecule has 0 saturated heterocycles. The smallest absolute Gasteiger partial charge is 0.253 e. The summed E-state index contributed by atoms with van der Waals surface area (Å²) in [6, 6.07) is 25.6. The number of rotatable bonds is 10. The second-order valence-corrected chi connectivity index (χ2v) is 9.76. The van der Waals surface area contributed by atoms with Gasteiger partial charge in [0.2, 0.25) is 0 Å². The van der Waals surface area contributed by atoms with Crippen LogP contribution in [0.15, 0.2) is 89.1 Å². The standard InChI is InChI=1S/C28H30N6O2S/c1-19-10-12-22(13-11-19)20(2)30-32-27(35)21(3)37-28-33-31-26(34(28)24-8-6-5-7-9-24)18-29-23-14-16-25(36-4)17-15-23/h5-17,21,29H,18H2,1-4H3,(H,32,35)/b30-20-. The van der Waals surface area contributed by atoms with Crippen molar-refractivity contribution >= 4 is 29.1 Å². The van der Waals surface area contributed by atoms with Crippen molar-refractivity contribution in [1.29, 1.82) is 0 Å². The Bertz CT molecular complexity index is 1350. The lowest BCUT2D eigenvalue weighted by atomic mass is 10.1. The molecular weight excluding hydrogens is 484 g/mol. The van der Waals surface area contributed by atoms with Crippen molar-refractivity contribution in [2.45, 2.75) is 37.7 Å². The quantitative estimate of drug-likeness (QED) is 0.171. The Kier molecular flexibility index (Phi) is 8.58. The minimum Gasteiger partial charge on any atom is -0.497 e. The average Bonchev–Trinajstić information content (AvgIpc) is 3.33. The number of carbonyl (C=O) groups excluding carboxylic acids is 1. The lowest BCUT2D eigenvalue weighted by Gasteiger charge is -2.14. The summed E-state index contributed by atoms with van der Waals surface area (Å²) in [4.78, 5) is 12.8. The van der Waals surface area contributed by atoms with Crippen LogP contribution in [-0.4, -0.2) is 38.7 Å². The number of hydrazone groups is 1. The van der Waals surface area contributed by atoms with Crippen molar-refractivity contribution in [2.24, 2.45) is 5.10 Å². The van der Waals surface area contributed by atoms with Crippen LogP contribution in [0.4, 0.5) is 5.69 Å². The minimum absolute atomic E-state index is 0.211. The van der Waals surface area contributed by atoms with Gasteiger partial charge in [0.15, 0.2) is 11.0 Å². The van der Waals surface area contributed by atoms with Crippen LogP contribution < -0.4 is 15.5 Å². The first-order valence-corrected chi connectivity index (χ1v) is 12.8. The highest BCUT2D eigenvalue weighted by molar-refractivity contribution is 8.00. The van der Waals surface area contributed by atoms with E-state index in [0.29, 0.717) is 11.7 Å². The lowest BCUT2D eigenvalue weighted by molar-refractivity contribution is -0.120. The van der Waals surface area contributed by atoms with Crippen LogP contribution in [0.3, 0.4) is 0 Å². The number of amides is 1. The van der Waals surface area contributed by atoms with E-state index in [1.807, 2.05) is 104 Å². The fourth-order valence-corrected chi connectivity index (χ4v) is 4.40. The molecule has 3 aromatic carbocycles. The molecule has 1 unspecified atom stereocenters. The van der Waals surface area contributed by atoms with Gasteiger partial charge in [0.25, 0.3) is 5.91 Å². The number of benzene rings is 3. The molecule has 0 fully saturated rings. The van der Waals surface area contributed by atoms with Crippen LogP contribution in [0.1, 0.15) is 30.8 Å². The largest absolute Gasteiger partial charge is 0.497 e. The van der Waals surface area contributed by atoms with Crippen LogP contribution in [0.2, 0.25) is 0 Å². The highest BCUT2D eigenvalue weighted by Crippen LogP contribution is 2.26. The molecule has 190 valence electrons. The summed E-state index contributed by atoms with van der Waals surface area (Å²) < 4.78 is 7.19. The Labute approximate surface area is 221 Å². The van der Waals surface area contributed by atoms with E-state index in [-0.39, 0.29) is 5.91 Å². The van der Waals surface area contributed by atoms with Crippen molar-refractivity contribution < 1.29 is 9.53 Å². The van der Waals surface area contributed by atoms with Gasteiger partial charge in [-0.05, 0) is 62.7 Å². The number of thioether (sulfide) groups is 1. The molecule has 4 aromatic rings. The Morgan fingerprint density at radius 2 is 1.73 bits per heavy atom. The van der Waals surface area contributed by atoms with Crippen molar-refractivity contribution in [3.05, 3.63) is 95.8 Å². The molecule has 0 saturated carbocycles. The maximum Gasteiger partial charge on any atom is 0.253 e. The molecule has 1 heterocycles. The van der Waals surface area contributed by atoms with E-state index in [1.165, 1.54) is 17.3 Å². The number of ether oxygens (including phenoxy) is 1. The molecule has 0 radical (unpaired) electrons. The summed E-state index contributed by atoms with van der Waals surface area (Å²) in [5.41, 5.74) is 7.42. The first-order chi connectivity index (χ1) is 17.9. The van der Waals surface area contributed by atoms with Gasteiger partial charge in [0.1, 0.15) is 5.75 Å². The van der Waals surface area contributed by atoms with Gasteiger partial charge in [-0.3, -0.25) is 9.36 Å². The molecule has 4 rings (SSSR count). The van der Waals surface area contributed by atoms with Gasteiger partial charge in [0, 0.05) is 11.4 Å². The molecule has 0 aliphatic carbocycles. The van der Waals surface area contributed by atoms with Crippen LogP contribution in [0.25, 0.3) is 5.69 Å². The second-order valence-electron chi connectivity index (χ2n) is 8.45. The van der Waals surface area contributed by atoms with E-state index in [0.717, 1.165) is 34.2 Å². The molecule has 0 aliphatic rings. The second kappa shape index (κ2) is 12.2. The molecule has 8 nitrogen and oxygen atoms in total. The number of nitrogens with one attached hydrogen (secondary N) is 2. The van der Waals surface area contributed by atoms with Crippen molar-refractivity contribution in [1.82, 2.24) is 20.2 Å². The van der Waals surface area contributed by atoms with E-state index < -0.39 is 5.25 Å². The maximum atomic E-state index is 12.8. The number of anilines is 1. The number of nitrogens with zero attached hydrogens (tertiary/aromatic N) is 4. The summed E-state index contributed by atoms with van der Waals surface area (Å²) in [6.45, 7) is 6.19. The summed E-state index contributed by atoms with van der Waals surface area (Å²) in [5, 5.41) is 16.7. The normalized spacial score (nSPS) is 12.2. The Morgan fingerprint density at radius 1 is 1.03 bits per heavy atom. The molecule has 1 atom stereocenters. The zero-order valence-electron chi connectivity index (χ0n) is 21.3. The average molecular weight is 515 g/mol. The Morgan fingerprint density at radius 3 is 2.41 bits per heavy atom. The van der Waals surface area contributed by atoms with Gasteiger partial charge in [-0.1, -0.05) is 59.8 Å². The van der Waals surface area contributed by atoms with Gasteiger partial charge in [0.05, 0.1) is 24.6 Å². The highest BCUT2D eigenvalue weighted by atomic mass is 32.2. The van der Waals surface area contributed by atoms with Crippen LogP contribution in [-0.2, 0) is 11.3 Å². The van der Waals surface area contributed by atoms with E-state index >= 15 is 0 Å². The van der Waals surface area contributed by atoms with Crippen molar-refractivity contribution in [3.8, 4) is 11.4 Å². The number of para-hydroxylation sites is 1. The molecule has 9 heteroatoms. The van der Waals surface area contributed by atoms with Gasteiger partial charge in [-0.2, -0.15) is 5.10 Å². The zero-order valence-corrected chi connectivity index (χ0v) is 22.1. The molecular formula is C28H30N6O2S. The number of aryl methyl sites for hydroxylation is 1. The molecule has 1 aromatic heterocycles. The maximum absolute atomic E-state index is 12.8. The molecule has 0 spiro atoms. The first-order valence-electron chi connectivity index (χ1n) is 11.9. The van der Waals surface area contributed by atoms with E-state index in [2.05, 4.69) is 26.0 Å². The third kappa shape index (κ3) is 6.77. The molecule has 37 heavy (non-hydrogen) atoms. The van der Waals surface area contributed by atoms with Gasteiger partial charge >= 0.3 is 0 Å². The van der Waals surface area contributed by atoms with Gasteiger partial charge in [-0.25, -0.2) is 5.43 Å². The van der Waals surface area contributed by atoms with E-state index in [4.69, 9.17) is 4.74 Å². The predicted octanol–water partition coefficient (Wildman–Crippen LogP) is 5.22. The number of carbonyl (C=O) groups is 1. The lowest BCUT2D eigenvalue weighted by Crippen LogP contribution is -2.28. The number of hydrogen-bond donors (Lipinski definition) is 2. The summed E-state index contributed by atoms with van der Waals surface area (Å²) in [6.07, 6.45) is 0. The van der Waals surface area contributed by atoms with Crippen LogP contribution in [0.5, 0.6) is 5.75 Å². The molecule has 2 N–H and O–H groups in total. The molecule has 1 amide bonds. The highest BCUT2D eigenvalue weighted by Gasteiger charge is 2.21. The fourth-order valence-electron chi connectivity index (χ4n) is 3.52. The van der Waals surface area contributed by atoms with E-state index in [1.54, 1.807) is 7.11 Å². The molecule has 0 aliphatic heterocycles. The Balaban J connectivity index is 1.47. The van der Waals surface area contributed by atoms with Crippen molar-refractivity contribution in [3.63, 3.8) is 0 Å². The minimum atomic E-state index is -0.441. The van der Waals surface area contributed by atoms with Gasteiger partial charge < -0.3 is 10.1 Å². The SMILES string of the molecule is COc1ccc(NCc2nnc(SC(C)C(=O)N/N=C(/C)c3ccc(C)cc3)n2-c2ccccc2)cc1. The monoisotopic (exact) mass is 514 g/mol. The summed E-state index contributed by atoms with van der Waals surface area (Å²) >= 11 is 1.33. The number of methoxy groups -OCH3 is 1. The third-order valence-electron chi connectivity index (χ3n) is 5.71. The molecule has 0 bridgehead atoms. The first kappa shape index (κ1) is 26.0. The van der Waals surface area contributed by atoms with Crippen molar-refractivity contribution in [2.75, 3.05) is 12.4 Å². The topological polar surface area (TPSA) is 93.4 Å². The summed E-state index contributed by atoms with van der Waals surface area (Å²) in [7, 11) is 1.64. The Hall–Kier alpha value is -4.11.